The van der Waals surface area contributed by atoms with Crippen molar-refractivity contribution in [2.24, 2.45) is 5.92 Å². The molecular formula is C21H20N8O. The van der Waals surface area contributed by atoms with Crippen molar-refractivity contribution in [2.45, 2.75) is 19.8 Å². The molecule has 150 valence electrons. The maximum absolute atomic E-state index is 13.1. The smallest absolute Gasteiger partial charge is 0.231 e. The van der Waals surface area contributed by atoms with Gasteiger partial charge in [-0.3, -0.25) is 14.8 Å². The first-order valence-electron chi connectivity index (χ1n) is 9.80. The molecule has 4 aromatic rings. The lowest BCUT2D eigenvalue weighted by Gasteiger charge is -2.17. The summed E-state index contributed by atoms with van der Waals surface area (Å²) in [6.45, 7) is 2.62. The highest BCUT2D eigenvalue weighted by molar-refractivity contribution is 5.96. The Hall–Kier alpha value is -3.88. The van der Waals surface area contributed by atoms with E-state index in [1.165, 1.54) is 0 Å². The van der Waals surface area contributed by atoms with Gasteiger partial charge in [-0.05, 0) is 48.7 Å². The fraction of sp³-hybridized carbons (Fsp3) is 0.238. The summed E-state index contributed by atoms with van der Waals surface area (Å²) in [6.07, 6.45) is 5.08. The maximum atomic E-state index is 13.1. The second kappa shape index (κ2) is 7.51. The van der Waals surface area contributed by atoms with E-state index in [1.54, 1.807) is 11.1 Å². The summed E-state index contributed by atoms with van der Waals surface area (Å²) in [4.78, 5) is 19.6. The standard InChI is InChI=1S/C21H20N8O/c1-13-18(17-11-22-23-12-17)5-6-19(24-13)29-8-7-16(21(29)30)10-14-3-2-4-15(9-14)20-25-27-28-26-20/h2-6,9,11-12,16H,7-8,10H2,1H3,(H,22,23)(H,25,26,27,28). The third-order valence-corrected chi connectivity index (χ3v) is 5.49. The van der Waals surface area contributed by atoms with Crippen molar-refractivity contribution in [1.29, 1.82) is 0 Å². The predicted octanol–water partition coefficient (Wildman–Crippen LogP) is 2.56. The molecule has 1 saturated heterocycles. The molecule has 30 heavy (non-hydrogen) atoms. The molecule has 0 aliphatic carbocycles. The number of benzene rings is 1. The van der Waals surface area contributed by atoms with E-state index in [0.717, 1.165) is 34.4 Å². The molecule has 4 heterocycles. The topological polar surface area (TPSA) is 116 Å². The van der Waals surface area contributed by atoms with E-state index in [2.05, 4.69) is 35.8 Å². The Bertz CT molecular complexity index is 1170. The molecule has 0 bridgehead atoms. The minimum absolute atomic E-state index is 0.0684. The first-order chi connectivity index (χ1) is 14.7. The lowest BCUT2D eigenvalue weighted by molar-refractivity contribution is -0.120. The van der Waals surface area contributed by atoms with E-state index < -0.39 is 0 Å². The minimum Gasteiger partial charge on any atom is -0.297 e. The number of carbonyl (C=O) groups excluding carboxylic acids is 1. The first kappa shape index (κ1) is 18.2. The Morgan fingerprint density at radius 2 is 2.13 bits per heavy atom. The van der Waals surface area contributed by atoms with Crippen molar-refractivity contribution < 1.29 is 4.79 Å². The largest absolute Gasteiger partial charge is 0.297 e. The average molecular weight is 400 g/mol. The van der Waals surface area contributed by atoms with Crippen LogP contribution in [0, 0.1) is 12.8 Å². The Morgan fingerprint density at radius 3 is 2.90 bits per heavy atom. The monoisotopic (exact) mass is 400 g/mol. The fourth-order valence-corrected chi connectivity index (χ4v) is 3.96. The summed E-state index contributed by atoms with van der Waals surface area (Å²) in [5.74, 6) is 1.30. The van der Waals surface area contributed by atoms with Crippen molar-refractivity contribution in [3.05, 3.63) is 60.0 Å². The van der Waals surface area contributed by atoms with Gasteiger partial charge in [0.05, 0.1) is 6.20 Å². The van der Waals surface area contributed by atoms with Crippen LogP contribution in [0.25, 0.3) is 22.5 Å². The number of tetrazole rings is 1. The maximum Gasteiger partial charge on any atom is 0.231 e. The number of anilines is 1. The fourth-order valence-electron chi connectivity index (χ4n) is 3.96. The third-order valence-electron chi connectivity index (χ3n) is 5.49. The number of carbonyl (C=O) groups is 1. The molecule has 5 rings (SSSR count). The molecule has 1 aromatic carbocycles. The number of hydrogen-bond donors (Lipinski definition) is 2. The number of nitrogens with one attached hydrogen (secondary N) is 2. The summed E-state index contributed by atoms with van der Waals surface area (Å²) in [7, 11) is 0. The SMILES string of the molecule is Cc1nc(N2CCC(Cc3cccc(-c4nn[nH]n4)c3)C2=O)ccc1-c1cn[nH]c1. The predicted molar refractivity (Wildman–Crippen MR) is 110 cm³/mol. The van der Waals surface area contributed by atoms with Gasteiger partial charge in [-0.2, -0.15) is 10.3 Å². The van der Waals surface area contributed by atoms with Crippen LogP contribution in [-0.4, -0.2) is 48.3 Å². The van der Waals surface area contributed by atoms with Gasteiger partial charge in [0.1, 0.15) is 5.82 Å². The highest BCUT2D eigenvalue weighted by Crippen LogP contribution is 2.30. The molecule has 1 aliphatic rings. The second-order valence-corrected chi connectivity index (χ2v) is 7.40. The zero-order chi connectivity index (χ0) is 20.5. The number of rotatable bonds is 5. The van der Waals surface area contributed by atoms with Gasteiger partial charge in [-0.1, -0.05) is 18.2 Å². The highest BCUT2D eigenvalue weighted by Gasteiger charge is 2.33. The molecule has 2 N–H and O–H groups in total. The lowest BCUT2D eigenvalue weighted by atomic mass is 9.97. The van der Waals surface area contributed by atoms with Crippen LogP contribution in [0.3, 0.4) is 0 Å². The quantitative estimate of drug-likeness (QED) is 0.532. The van der Waals surface area contributed by atoms with Gasteiger partial charge >= 0.3 is 0 Å². The zero-order valence-corrected chi connectivity index (χ0v) is 16.4. The minimum atomic E-state index is -0.0684. The summed E-state index contributed by atoms with van der Waals surface area (Å²) >= 11 is 0. The van der Waals surface area contributed by atoms with E-state index >= 15 is 0 Å². The van der Waals surface area contributed by atoms with E-state index in [-0.39, 0.29) is 11.8 Å². The number of aromatic amines is 2. The molecule has 0 saturated carbocycles. The Labute approximate surface area is 172 Å². The summed E-state index contributed by atoms with van der Waals surface area (Å²) < 4.78 is 0. The number of amides is 1. The zero-order valence-electron chi connectivity index (χ0n) is 16.4. The van der Waals surface area contributed by atoms with Crippen LogP contribution in [0.4, 0.5) is 5.82 Å². The second-order valence-electron chi connectivity index (χ2n) is 7.40. The van der Waals surface area contributed by atoms with Crippen molar-refractivity contribution in [2.75, 3.05) is 11.4 Å². The number of pyridine rings is 1. The van der Waals surface area contributed by atoms with Crippen molar-refractivity contribution >= 4 is 11.7 Å². The van der Waals surface area contributed by atoms with Crippen LogP contribution in [0.5, 0.6) is 0 Å². The number of H-pyrrole nitrogens is 2. The average Bonchev–Trinajstić information content (AvgIpc) is 3.52. The lowest BCUT2D eigenvalue weighted by Crippen LogP contribution is -2.28. The van der Waals surface area contributed by atoms with Crippen LogP contribution >= 0.6 is 0 Å². The molecule has 1 atom stereocenters. The summed E-state index contributed by atoms with van der Waals surface area (Å²) in [6, 6.07) is 11.8. The molecule has 0 radical (unpaired) electrons. The number of aromatic nitrogens is 7. The summed E-state index contributed by atoms with van der Waals surface area (Å²) in [5.41, 5.74) is 4.83. The number of hydrogen-bond acceptors (Lipinski definition) is 6. The number of aryl methyl sites for hydroxylation is 1. The molecule has 0 spiro atoms. The van der Waals surface area contributed by atoms with Crippen molar-refractivity contribution in [3.8, 4) is 22.5 Å². The Balaban J connectivity index is 1.32. The van der Waals surface area contributed by atoms with Crippen molar-refractivity contribution in [3.63, 3.8) is 0 Å². The molecule has 1 fully saturated rings. The van der Waals surface area contributed by atoms with Crippen LogP contribution < -0.4 is 4.90 Å². The van der Waals surface area contributed by atoms with E-state index in [0.29, 0.717) is 24.6 Å². The molecular weight excluding hydrogens is 380 g/mol. The van der Waals surface area contributed by atoms with Crippen molar-refractivity contribution in [1.82, 2.24) is 35.8 Å². The van der Waals surface area contributed by atoms with Gasteiger partial charge in [0, 0.05) is 41.0 Å². The van der Waals surface area contributed by atoms with Gasteiger partial charge in [-0.25, -0.2) is 4.98 Å². The normalized spacial score (nSPS) is 16.4. The van der Waals surface area contributed by atoms with E-state index in [4.69, 9.17) is 0 Å². The van der Waals surface area contributed by atoms with Gasteiger partial charge in [0.15, 0.2) is 0 Å². The molecule has 1 amide bonds. The van der Waals surface area contributed by atoms with Crippen LogP contribution in [0.15, 0.2) is 48.8 Å². The van der Waals surface area contributed by atoms with Gasteiger partial charge in [0.25, 0.3) is 0 Å². The third kappa shape index (κ3) is 3.34. The molecule has 1 aliphatic heterocycles. The van der Waals surface area contributed by atoms with Gasteiger partial charge < -0.3 is 0 Å². The van der Waals surface area contributed by atoms with E-state index in [9.17, 15) is 4.79 Å². The molecule has 9 heteroatoms. The number of nitrogens with zero attached hydrogens (tertiary/aromatic N) is 6. The molecule has 1 unspecified atom stereocenters. The summed E-state index contributed by atoms with van der Waals surface area (Å²) in [5, 5.41) is 20.9. The molecule has 3 aromatic heterocycles. The van der Waals surface area contributed by atoms with Crippen LogP contribution in [0.2, 0.25) is 0 Å². The van der Waals surface area contributed by atoms with Gasteiger partial charge in [0.2, 0.25) is 11.7 Å². The van der Waals surface area contributed by atoms with Crippen LogP contribution in [0.1, 0.15) is 17.7 Å². The van der Waals surface area contributed by atoms with Gasteiger partial charge in [-0.15, -0.1) is 10.2 Å². The first-order valence-corrected chi connectivity index (χ1v) is 9.80. The molecule has 9 nitrogen and oxygen atoms in total. The Morgan fingerprint density at radius 1 is 1.20 bits per heavy atom. The highest BCUT2D eigenvalue weighted by atomic mass is 16.2. The van der Waals surface area contributed by atoms with Crippen LogP contribution in [-0.2, 0) is 11.2 Å². The Kier molecular flexibility index (Phi) is 4.55. The van der Waals surface area contributed by atoms with E-state index in [1.807, 2.05) is 49.5 Å².